The van der Waals surface area contributed by atoms with E-state index < -0.39 is 12.1 Å². The number of rotatable bonds is 6. The Balaban J connectivity index is 2.04. The predicted octanol–water partition coefficient (Wildman–Crippen LogP) is 2.01. The van der Waals surface area contributed by atoms with Crippen molar-refractivity contribution < 1.29 is 14.7 Å². The van der Waals surface area contributed by atoms with E-state index >= 15 is 0 Å². The number of nitrogens with zero attached hydrogens (tertiary/aromatic N) is 3. The quantitative estimate of drug-likeness (QED) is 0.855. The summed E-state index contributed by atoms with van der Waals surface area (Å²) in [6.07, 6.45) is 1.27. The first kappa shape index (κ1) is 19.2. The fourth-order valence-corrected chi connectivity index (χ4v) is 3.42. The fraction of sp³-hybridized carbons (Fsp3) is 0.579. The van der Waals surface area contributed by atoms with Crippen molar-refractivity contribution in [3.63, 3.8) is 0 Å². The van der Waals surface area contributed by atoms with Crippen molar-refractivity contribution in [1.82, 2.24) is 14.7 Å². The number of hydrogen-bond donors (Lipinski definition) is 1. The minimum Gasteiger partial charge on any atom is -0.465 e. The van der Waals surface area contributed by atoms with Crippen LogP contribution in [-0.4, -0.2) is 78.6 Å². The van der Waals surface area contributed by atoms with E-state index in [1.807, 2.05) is 35.2 Å². The molecule has 1 aliphatic heterocycles. The van der Waals surface area contributed by atoms with E-state index in [1.54, 1.807) is 0 Å². The fourth-order valence-electron chi connectivity index (χ4n) is 3.42. The van der Waals surface area contributed by atoms with Crippen LogP contribution in [0.4, 0.5) is 4.79 Å². The van der Waals surface area contributed by atoms with Crippen LogP contribution in [-0.2, 0) is 11.2 Å². The highest BCUT2D eigenvalue weighted by molar-refractivity contribution is 5.85. The summed E-state index contributed by atoms with van der Waals surface area (Å²) in [6.45, 7) is 2.44. The standard InChI is InChI=1S/C19H29N3O3/c1-20(2)14-16-9-11-22(12-10-16)18(23)17(21(3)19(24)25)13-15-7-5-4-6-8-15/h4-8,16-17H,9-14H2,1-3H3,(H,24,25)/t17-/m1/s1. The molecule has 0 radical (unpaired) electrons. The summed E-state index contributed by atoms with van der Waals surface area (Å²) in [5, 5.41) is 9.37. The minimum atomic E-state index is -1.07. The van der Waals surface area contributed by atoms with Crippen LogP contribution in [0.5, 0.6) is 0 Å². The van der Waals surface area contributed by atoms with Crippen LogP contribution in [0.25, 0.3) is 0 Å². The van der Waals surface area contributed by atoms with Gasteiger partial charge in [-0.05, 0) is 38.4 Å². The number of carbonyl (C=O) groups is 2. The average molecular weight is 347 g/mol. The number of amides is 2. The molecule has 6 nitrogen and oxygen atoms in total. The Kier molecular flexibility index (Phi) is 6.82. The van der Waals surface area contributed by atoms with Crippen molar-refractivity contribution in [2.24, 2.45) is 5.92 Å². The van der Waals surface area contributed by atoms with E-state index in [2.05, 4.69) is 19.0 Å². The van der Waals surface area contributed by atoms with Gasteiger partial charge in [0.15, 0.2) is 0 Å². The van der Waals surface area contributed by atoms with Gasteiger partial charge in [0.2, 0.25) is 5.91 Å². The Labute approximate surface area is 150 Å². The molecule has 25 heavy (non-hydrogen) atoms. The van der Waals surface area contributed by atoms with Gasteiger partial charge in [-0.2, -0.15) is 0 Å². The van der Waals surface area contributed by atoms with Gasteiger partial charge in [-0.15, -0.1) is 0 Å². The van der Waals surface area contributed by atoms with Crippen LogP contribution >= 0.6 is 0 Å². The van der Waals surface area contributed by atoms with Crippen molar-refractivity contribution in [2.45, 2.75) is 25.3 Å². The van der Waals surface area contributed by atoms with Gasteiger partial charge >= 0.3 is 6.09 Å². The Hall–Kier alpha value is -2.08. The lowest BCUT2D eigenvalue weighted by molar-refractivity contribution is -0.137. The van der Waals surface area contributed by atoms with Crippen molar-refractivity contribution >= 4 is 12.0 Å². The molecule has 2 rings (SSSR count). The zero-order chi connectivity index (χ0) is 18.4. The smallest absolute Gasteiger partial charge is 0.407 e. The summed E-state index contributed by atoms with van der Waals surface area (Å²) in [5.74, 6) is 0.515. The third-order valence-electron chi connectivity index (χ3n) is 4.88. The molecule has 0 bridgehead atoms. The molecule has 1 aromatic rings. The van der Waals surface area contributed by atoms with E-state index in [0.29, 0.717) is 25.4 Å². The molecule has 1 N–H and O–H groups in total. The Bertz CT molecular complexity index is 569. The zero-order valence-corrected chi connectivity index (χ0v) is 15.4. The summed E-state index contributed by atoms with van der Waals surface area (Å²) in [4.78, 5) is 29.6. The van der Waals surface area contributed by atoms with Crippen molar-refractivity contribution in [2.75, 3.05) is 40.8 Å². The molecule has 0 saturated carbocycles. The molecule has 1 aliphatic rings. The number of likely N-dealkylation sites (tertiary alicyclic amines) is 1. The molecule has 1 atom stereocenters. The topological polar surface area (TPSA) is 64.1 Å². The first-order chi connectivity index (χ1) is 11.9. The highest BCUT2D eigenvalue weighted by Gasteiger charge is 2.32. The first-order valence-electron chi connectivity index (χ1n) is 8.81. The molecule has 1 aromatic carbocycles. The number of carbonyl (C=O) groups excluding carboxylic acids is 1. The van der Waals surface area contributed by atoms with Crippen LogP contribution < -0.4 is 0 Å². The molecule has 0 unspecified atom stereocenters. The molecule has 6 heteroatoms. The number of benzene rings is 1. The van der Waals surface area contributed by atoms with Crippen LogP contribution in [0.15, 0.2) is 30.3 Å². The first-order valence-corrected chi connectivity index (χ1v) is 8.81. The predicted molar refractivity (Wildman–Crippen MR) is 97.6 cm³/mol. The lowest BCUT2D eigenvalue weighted by atomic mass is 9.95. The van der Waals surface area contributed by atoms with Crippen LogP contribution in [0.2, 0.25) is 0 Å². The van der Waals surface area contributed by atoms with E-state index in [-0.39, 0.29) is 5.91 Å². The second kappa shape index (κ2) is 8.85. The largest absolute Gasteiger partial charge is 0.465 e. The zero-order valence-electron chi connectivity index (χ0n) is 15.4. The molecular formula is C19H29N3O3. The van der Waals surface area contributed by atoms with Gasteiger partial charge < -0.3 is 14.9 Å². The normalized spacial score (nSPS) is 16.7. The van der Waals surface area contributed by atoms with E-state index in [4.69, 9.17) is 0 Å². The highest BCUT2D eigenvalue weighted by atomic mass is 16.4. The molecule has 1 fully saturated rings. The average Bonchev–Trinajstić information content (AvgIpc) is 2.59. The van der Waals surface area contributed by atoms with E-state index in [0.717, 1.165) is 29.8 Å². The Morgan fingerprint density at radius 2 is 1.76 bits per heavy atom. The summed E-state index contributed by atoms with van der Waals surface area (Å²) in [7, 11) is 5.61. The van der Waals surface area contributed by atoms with E-state index in [1.165, 1.54) is 7.05 Å². The molecule has 138 valence electrons. The van der Waals surface area contributed by atoms with E-state index in [9.17, 15) is 14.7 Å². The lowest BCUT2D eigenvalue weighted by Crippen LogP contribution is -2.52. The van der Waals surface area contributed by atoms with Gasteiger partial charge in [-0.25, -0.2) is 4.79 Å². The third-order valence-corrected chi connectivity index (χ3v) is 4.88. The Morgan fingerprint density at radius 3 is 2.28 bits per heavy atom. The van der Waals surface area contributed by atoms with Gasteiger partial charge in [0.1, 0.15) is 6.04 Å². The van der Waals surface area contributed by atoms with Crippen LogP contribution in [0, 0.1) is 5.92 Å². The van der Waals surface area contributed by atoms with Gasteiger partial charge in [0, 0.05) is 33.1 Å². The number of likely N-dealkylation sites (N-methyl/N-ethyl adjacent to an activating group) is 1. The number of piperidine rings is 1. The molecule has 1 heterocycles. The van der Waals surface area contributed by atoms with Gasteiger partial charge in [-0.3, -0.25) is 9.69 Å². The Morgan fingerprint density at radius 1 is 1.16 bits per heavy atom. The number of carboxylic acid groups (broad SMARTS) is 1. The maximum Gasteiger partial charge on any atom is 0.407 e. The van der Waals surface area contributed by atoms with Gasteiger partial charge in [-0.1, -0.05) is 30.3 Å². The molecule has 0 aromatic heterocycles. The second-order valence-corrected chi connectivity index (χ2v) is 7.13. The summed E-state index contributed by atoms with van der Waals surface area (Å²) in [6, 6.07) is 8.91. The minimum absolute atomic E-state index is 0.0861. The molecule has 1 saturated heterocycles. The summed E-state index contributed by atoms with van der Waals surface area (Å²) < 4.78 is 0. The van der Waals surface area contributed by atoms with Gasteiger partial charge in [0.25, 0.3) is 0 Å². The van der Waals surface area contributed by atoms with Crippen molar-refractivity contribution in [1.29, 1.82) is 0 Å². The SMILES string of the molecule is CN(C)CC1CCN(C(=O)[C@@H](Cc2ccccc2)N(C)C(=O)O)CC1. The van der Waals surface area contributed by atoms with Crippen LogP contribution in [0.1, 0.15) is 18.4 Å². The highest BCUT2D eigenvalue weighted by Crippen LogP contribution is 2.20. The van der Waals surface area contributed by atoms with Gasteiger partial charge in [0.05, 0.1) is 0 Å². The third kappa shape index (κ3) is 5.46. The molecule has 0 spiro atoms. The maximum atomic E-state index is 13.0. The maximum absolute atomic E-state index is 13.0. The summed E-state index contributed by atoms with van der Waals surface area (Å²) >= 11 is 0. The number of hydrogen-bond acceptors (Lipinski definition) is 3. The second-order valence-electron chi connectivity index (χ2n) is 7.13. The summed E-state index contributed by atoms with van der Waals surface area (Å²) in [5.41, 5.74) is 0.969. The molecule has 0 aliphatic carbocycles. The van der Waals surface area contributed by atoms with Crippen molar-refractivity contribution in [3.05, 3.63) is 35.9 Å². The van der Waals surface area contributed by atoms with Crippen molar-refractivity contribution in [3.8, 4) is 0 Å². The lowest BCUT2D eigenvalue weighted by Gasteiger charge is -2.36. The monoisotopic (exact) mass is 347 g/mol. The van der Waals surface area contributed by atoms with Crippen LogP contribution in [0.3, 0.4) is 0 Å². The molecular weight excluding hydrogens is 318 g/mol. The molecule has 2 amide bonds.